The second-order valence-corrected chi connectivity index (χ2v) is 9.51. The molecule has 0 aliphatic carbocycles. The van der Waals surface area contributed by atoms with Crippen molar-refractivity contribution in [3.63, 3.8) is 0 Å². The van der Waals surface area contributed by atoms with Gasteiger partial charge in [0.2, 0.25) is 5.91 Å². The zero-order chi connectivity index (χ0) is 21.2. The van der Waals surface area contributed by atoms with Gasteiger partial charge in [0.15, 0.2) is 0 Å². The fraction of sp³-hybridized carbons (Fsp3) is 0.545. The molecule has 1 atom stereocenters. The molecule has 0 unspecified atom stereocenters. The number of piperidine rings is 1. The second-order valence-electron chi connectivity index (χ2n) is 7.97. The monoisotopic (exact) mass is 417 g/mol. The van der Waals surface area contributed by atoms with E-state index >= 15 is 0 Å². The lowest BCUT2D eigenvalue weighted by molar-refractivity contribution is -0.126. The number of nitrogens with zero attached hydrogens (tertiary/aromatic N) is 2. The van der Waals surface area contributed by atoms with Crippen molar-refractivity contribution in [2.24, 2.45) is 10.3 Å². The van der Waals surface area contributed by atoms with E-state index in [4.69, 9.17) is 0 Å². The van der Waals surface area contributed by atoms with Gasteiger partial charge < -0.3 is 10.2 Å². The van der Waals surface area contributed by atoms with E-state index in [1.807, 2.05) is 43.0 Å². The summed E-state index contributed by atoms with van der Waals surface area (Å²) < 4.78 is 29.6. The molecule has 1 saturated heterocycles. The Labute approximate surface area is 174 Å². The highest BCUT2D eigenvalue weighted by atomic mass is 32.2. The quantitative estimate of drug-likeness (QED) is 0.797. The van der Waals surface area contributed by atoms with Crippen LogP contribution in [0.25, 0.3) is 4.91 Å². The summed E-state index contributed by atoms with van der Waals surface area (Å²) in [6.07, 6.45) is 3.22. The summed E-state index contributed by atoms with van der Waals surface area (Å²) in [5.74, 6) is 0.605. The van der Waals surface area contributed by atoms with Gasteiger partial charge in [0.1, 0.15) is 10.7 Å². The minimum absolute atomic E-state index is 0.0239. The number of amidine groups is 1. The summed E-state index contributed by atoms with van der Waals surface area (Å²) in [6, 6.07) is 7.82. The summed E-state index contributed by atoms with van der Waals surface area (Å²) in [5, 5.41) is 3.05. The molecule has 2 aliphatic rings. The molecule has 1 fully saturated rings. The van der Waals surface area contributed by atoms with Crippen molar-refractivity contribution in [1.29, 1.82) is 0 Å². The SMILES string of the molecule is CCc1ccc(C2=C(C)C(N3CCC(C(=O)N[C@@H](C)CC)CC3)=NS2(=O)=O)cc1. The number of rotatable bonds is 5. The van der Waals surface area contributed by atoms with Crippen molar-refractivity contribution in [2.75, 3.05) is 13.1 Å². The number of hydrogen-bond donors (Lipinski definition) is 1. The van der Waals surface area contributed by atoms with Gasteiger partial charge in [0, 0.05) is 30.6 Å². The van der Waals surface area contributed by atoms with Crippen LogP contribution in [-0.4, -0.2) is 44.2 Å². The molecule has 2 aliphatic heterocycles. The first-order valence-corrected chi connectivity index (χ1v) is 11.9. The van der Waals surface area contributed by atoms with Crippen molar-refractivity contribution in [2.45, 2.75) is 59.4 Å². The average molecular weight is 418 g/mol. The topological polar surface area (TPSA) is 78.8 Å². The van der Waals surface area contributed by atoms with E-state index in [1.165, 1.54) is 5.56 Å². The number of nitrogens with one attached hydrogen (secondary N) is 1. The van der Waals surface area contributed by atoms with Crippen LogP contribution in [-0.2, 0) is 21.2 Å². The highest BCUT2D eigenvalue weighted by molar-refractivity contribution is 8.00. The van der Waals surface area contributed by atoms with Crippen molar-refractivity contribution in [3.8, 4) is 0 Å². The van der Waals surface area contributed by atoms with Gasteiger partial charge in [-0.2, -0.15) is 8.42 Å². The Hall–Kier alpha value is -2.15. The summed E-state index contributed by atoms with van der Waals surface area (Å²) >= 11 is 0. The lowest BCUT2D eigenvalue weighted by Crippen LogP contribution is -2.44. The molecule has 0 bridgehead atoms. The molecule has 7 heteroatoms. The Morgan fingerprint density at radius 3 is 2.38 bits per heavy atom. The summed E-state index contributed by atoms with van der Waals surface area (Å²) in [4.78, 5) is 14.7. The van der Waals surface area contributed by atoms with Crippen molar-refractivity contribution < 1.29 is 13.2 Å². The van der Waals surface area contributed by atoms with E-state index in [0.717, 1.165) is 12.8 Å². The molecule has 29 heavy (non-hydrogen) atoms. The van der Waals surface area contributed by atoms with Crippen LogP contribution in [0.15, 0.2) is 34.2 Å². The predicted molar refractivity (Wildman–Crippen MR) is 117 cm³/mol. The van der Waals surface area contributed by atoms with Gasteiger partial charge in [0.25, 0.3) is 10.0 Å². The van der Waals surface area contributed by atoms with E-state index in [9.17, 15) is 13.2 Å². The fourth-order valence-corrected chi connectivity index (χ4v) is 5.37. The average Bonchev–Trinajstić information content (AvgIpc) is 2.96. The number of likely N-dealkylation sites (tertiary alicyclic amines) is 1. The smallest absolute Gasteiger partial charge is 0.285 e. The Bertz CT molecular complexity index is 925. The Morgan fingerprint density at radius 1 is 1.21 bits per heavy atom. The maximum Gasteiger partial charge on any atom is 0.285 e. The van der Waals surface area contributed by atoms with Crippen LogP contribution in [0.5, 0.6) is 0 Å². The van der Waals surface area contributed by atoms with Crippen LogP contribution in [0.4, 0.5) is 0 Å². The number of aryl methyl sites for hydroxylation is 1. The van der Waals surface area contributed by atoms with Gasteiger partial charge in [-0.15, -0.1) is 4.40 Å². The molecule has 1 N–H and O–H groups in total. The summed E-state index contributed by atoms with van der Waals surface area (Å²) in [5.41, 5.74) is 2.54. The van der Waals surface area contributed by atoms with Gasteiger partial charge in [-0.25, -0.2) is 0 Å². The van der Waals surface area contributed by atoms with Crippen LogP contribution < -0.4 is 5.32 Å². The van der Waals surface area contributed by atoms with E-state index in [-0.39, 0.29) is 17.9 Å². The van der Waals surface area contributed by atoms with Gasteiger partial charge in [0.05, 0.1) is 0 Å². The van der Waals surface area contributed by atoms with Crippen molar-refractivity contribution >= 4 is 26.7 Å². The highest BCUT2D eigenvalue weighted by Crippen LogP contribution is 2.34. The fourth-order valence-electron chi connectivity index (χ4n) is 3.89. The first kappa shape index (κ1) is 21.6. The molecule has 1 aromatic rings. The maximum atomic E-state index is 12.8. The second kappa shape index (κ2) is 8.69. The molecule has 2 heterocycles. The van der Waals surface area contributed by atoms with Crippen LogP contribution in [0.1, 0.15) is 58.1 Å². The number of carbonyl (C=O) groups is 1. The highest BCUT2D eigenvalue weighted by Gasteiger charge is 2.35. The molecule has 0 saturated carbocycles. The number of hydrogen-bond acceptors (Lipinski definition) is 4. The number of amides is 1. The van der Waals surface area contributed by atoms with Crippen LogP contribution in [0, 0.1) is 5.92 Å². The third-order valence-corrected chi connectivity index (χ3v) is 7.40. The molecule has 0 spiro atoms. The number of carbonyl (C=O) groups excluding carboxylic acids is 1. The molecule has 158 valence electrons. The largest absolute Gasteiger partial charge is 0.356 e. The van der Waals surface area contributed by atoms with Crippen molar-refractivity contribution in [1.82, 2.24) is 10.2 Å². The van der Waals surface area contributed by atoms with E-state index < -0.39 is 10.0 Å². The summed E-state index contributed by atoms with van der Waals surface area (Å²) in [6.45, 7) is 9.22. The minimum atomic E-state index is -3.71. The van der Waals surface area contributed by atoms with Gasteiger partial charge in [-0.1, -0.05) is 38.1 Å². The molecule has 0 radical (unpaired) electrons. The Morgan fingerprint density at radius 2 is 1.83 bits per heavy atom. The first-order valence-electron chi connectivity index (χ1n) is 10.5. The van der Waals surface area contributed by atoms with Crippen molar-refractivity contribution in [3.05, 3.63) is 41.0 Å². The standard InChI is InChI=1S/C22H31N3O3S/c1-5-15(3)23-22(26)19-11-13-25(14-12-19)21-16(4)20(29(27,28)24-21)18-9-7-17(6-2)8-10-18/h7-10,15,19H,5-6,11-14H2,1-4H3,(H,23,26)/t15-/m0/s1. The molecule has 0 aromatic heterocycles. The normalized spacial score (nSPS) is 20.6. The van der Waals surface area contributed by atoms with Gasteiger partial charge in [-0.3, -0.25) is 4.79 Å². The Kier molecular flexibility index (Phi) is 6.46. The zero-order valence-corrected chi connectivity index (χ0v) is 18.6. The van der Waals surface area contributed by atoms with Crippen LogP contribution in [0.2, 0.25) is 0 Å². The van der Waals surface area contributed by atoms with Crippen LogP contribution in [0.3, 0.4) is 0 Å². The summed E-state index contributed by atoms with van der Waals surface area (Å²) in [7, 11) is -3.71. The van der Waals surface area contributed by atoms with E-state index in [1.54, 1.807) is 0 Å². The molecule has 1 amide bonds. The van der Waals surface area contributed by atoms with E-state index in [0.29, 0.717) is 47.8 Å². The molecular weight excluding hydrogens is 386 g/mol. The number of sulfonamides is 1. The van der Waals surface area contributed by atoms with E-state index in [2.05, 4.69) is 23.6 Å². The van der Waals surface area contributed by atoms with Crippen LogP contribution >= 0.6 is 0 Å². The number of benzene rings is 1. The Balaban J connectivity index is 1.75. The lowest BCUT2D eigenvalue weighted by Gasteiger charge is -2.33. The lowest BCUT2D eigenvalue weighted by atomic mass is 9.95. The molecule has 6 nitrogen and oxygen atoms in total. The first-order chi connectivity index (χ1) is 13.8. The zero-order valence-electron chi connectivity index (χ0n) is 17.7. The molecular formula is C22H31N3O3S. The maximum absolute atomic E-state index is 12.8. The minimum Gasteiger partial charge on any atom is -0.356 e. The third kappa shape index (κ3) is 4.55. The van der Waals surface area contributed by atoms with Gasteiger partial charge >= 0.3 is 0 Å². The van der Waals surface area contributed by atoms with Gasteiger partial charge in [-0.05, 0) is 50.7 Å². The third-order valence-electron chi connectivity index (χ3n) is 5.93. The molecule has 1 aromatic carbocycles. The molecule has 3 rings (SSSR count). The predicted octanol–water partition coefficient (Wildman–Crippen LogP) is 3.35.